The van der Waals surface area contributed by atoms with Crippen LogP contribution >= 0.6 is 0 Å². The molecule has 0 rings (SSSR count). The highest BCUT2D eigenvalue weighted by molar-refractivity contribution is 6.54. The Morgan fingerprint density at radius 1 is 1.00 bits per heavy atom. The summed E-state index contributed by atoms with van der Waals surface area (Å²) in [5, 5.41) is 0. The minimum Gasteiger partial charge on any atom is -0.344 e. The van der Waals surface area contributed by atoms with Crippen LogP contribution < -0.4 is 6.15 Å². The van der Waals surface area contributed by atoms with E-state index in [0.717, 1.165) is 6.71 Å². The predicted molar refractivity (Wildman–Crippen MR) is 28.4 cm³/mol. The van der Waals surface area contributed by atoms with E-state index in [0.29, 0.717) is 0 Å². The van der Waals surface area contributed by atoms with E-state index in [1.165, 1.54) is 0 Å². The van der Waals surface area contributed by atoms with Gasteiger partial charge in [-0.3, -0.25) is 0 Å². The Kier molecular flexibility index (Phi) is 7.16. The molecule has 3 N–H and O–H groups in total. The highest BCUT2D eigenvalue weighted by Crippen LogP contribution is 1.68. The third kappa shape index (κ3) is 26500. The average molecular weight is 72.9 g/mol. The second kappa shape index (κ2) is 4.02. The molecule has 0 aliphatic rings. The van der Waals surface area contributed by atoms with E-state index in [1.807, 2.05) is 0 Å². The molecule has 5 heavy (non-hydrogen) atoms. The highest BCUT2D eigenvalue weighted by atomic mass is 14.0. The van der Waals surface area contributed by atoms with Crippen LogP contribution in [0.3, 0.4) is 0 Å². The first-order chi connectivity index (χ1) is 1.73. The van der Waals surface area contributed by atoms with Crippen molar-refractivity contribution < 1.29 is 0 Å². The van der Waals surface area contributed by atoms with Crippen molar-refractivity contribution in [3.8, 4) is 0 Å². The minimum atomic E-state index is 0. The Bertz CT molecular complexity index is 11.6. The summed E-state index contributed by atoms with van der Waals surface area (Å²) in [5.74, 6) is 0. The molecule has 0 radical (unpaired) electrons. The van der Waals surface area contributed by atoms with Crippen LogP contribution in [-0.2, 0) is 0 Å². The number of hydrogen-bond acceptors (Lipinski definition) is 1. The van der Waals surface area contributed by atoms with Crippen LogP contribution in [0, 0.1) is 0 Å². The van der Waals surface area contributed by atoms with E-state index < -0.39 is 0 Å². The predicted octanol–water partition coefficient (Wildman–Crippen LogP) is 1.53. The molecule has 0 aromatic heterocycles. The van der Waals surface area contributed by atoms with Gasteiger partial charge in [0.25, 0.3) is 0 Å². The first-order valence-electron chi connectivity index (χ1n) is 1.73. The molecule has 0 unspecified atom stereocenters. The summed E-state index contributed by atoms with van der Waals surface area (Å²) in [6.07, 6.45) is 0. The topological polar surface area (TPSA) is 35.0 Å². The van der Waals surface area contributed by atoms with Crippen molar-refractivity contribution in [3.05, 3.63) is 0 Å². The molecule has 0 atom stereocenters. The molecule has 0 saturated carbocycles. The molecule has 32 valence electrons. The summed E-state index contributed by atoms with van der Waals surface area (Å²) in [7, 11) is 0. The Morgan fingerprint density at radius 2 is 1.00 bits per heavy atom. The van der Waals surface area contributed by atoms with Gasteiger partial charge in [-0.2, -0.15) is 0 Å². The van der Waals surface area contributed by atoms with Gasteiger partial charge in [0.1, 0.15) is 6.71 Å². The van der Waals surface area contributed by atoms with Gasteiger partial charge in [-0.15, -0.1) is 0 Å². The third-order valence-electron chi connectivity index (χ3n) is 0. The summed E-state index contributed by atoms with van der Waals surface area (Å²) < 4.78 is 0. The van der Waals surface area contributed by atoms with E-state index in [1.54, 1.807) is 0 Å². The Labute approximate surface area is 34.4 Å². The normalized spacial score (nSPS) is 5.40. The molecule has 1 nitrogen and oxygen atoms in total. The summed E-state index contributed by atoms with van der Waals surface area (Å²) in [6, 6.07) is 0. The third-order valence-corrected chi connectivity index (χ3v) is 0. The highest BCUT2D eigenvalue weighted by Gasteiger charge is 1.76. The summed E-state index contributed by atoms with van der Waals surface area (Å²) in [6.45, 7) is 7.33. The van der Waals surface area contributed by atoms with Crippen molar-refractivity contribution in [2.75, 3.05) is 0 Å². The van der Waals surface area contributed by atoms with Gasteiger partial charge < -0.3 is 6.15 Å². The molecule has 0 aromatic rings. The molecular formula is C3H12BN. The van der Waals surface area contributed by atoms with Gasteiger partial charge in [-0.25, -0.2) is 0 Å². The monoisotopic (exact) mass is 73.1 g/mol. The molecule has 0 aliphatic heterocycles. The standard InChI is InChI=1S/C3H9B.H3N/c1-4(2)3;/h1-3H3;1H3. The van der Waals surface area contributed by atoms with E-state index in [2.05, 4.69) is 20.5 Å². The first kappa shape index (κ1) is 8.90. The van der Waals surface area contributed by atoms with Crippen molar-refractivity contribution in [2.24, 2.45) is 0 Å². The number of rotatable bonds is 0. The molecule has 0 amide bonds. The largest absolute Gasteiger partial charge is 0.344 e. The van der Waals surface area contributed by atoms with Gasteiger partial charge in [0, 0.05) is 0 Å². The second-order valence-corrected chi connectivity index (χ2v) is 1.73. The summed E-state index contributed by atoms with van der Waals surface area (Å²) in [5.41, 5.74) is 0. The molecule has 0 saturated heterocycles. The molecule has 2 heteroatoms. The fourth-order valence-corrected chi connectivity index (χ4v) is 0. The molecule has 0 heterocycles. The maximum absolute atomic E-state index is 2.17. The minimum absolute atomic E-state index is 0. The van der Waals surface area contributed by atoms with Gasteiger partial charge in [0.15, 0.2) is 0 Å². The van der Waals surface area contributed by atoms with Gasteiger partial charge in [-0.1, -0.05) is 20.5 Å². The van der Waals surface area contributed by atoms with Crippen LogP contribution in [-0.4, -0.2) is 6.71 Å². The van der Waals surface area contributed by atoms with E-state index in [9.17, 15) is 0 Å². The fraction of sp³-hybridized carbons (Fsp3) is 1.00. The van der Waals surface area contributed by atoms with Gasteiger partial charge in [0.05, 0.1) is 0 Å². The van der Waals surface area contributed by atoms with Crippen molar-refractivity contribution >= 4 is 6.71 Å². The lowest BCUT2D eigenvalue weighted by Crippen LogP contribution is -1.84. The zero-order valence-electron chi connectivity index (χ0n) is 4.28. The Morgan fingerprint density at radius 3 is 1.00 bits per heavy atom. The lowest BCUT2D eigenvalue weighted by atomic mass is 9.58. The molecule has 0 aromatic carbocycles. The Balaban J connectivity index is 0. The second-order valence-electron chi connectivity index (χ2n) is 1.73. The van der Waals surface area contributed by atoms with Crippen LogP contribution in [0.15, 0.2) is 0 Å². The molecule has 0 spiro atoms. The van der Waals surface area contributed by atoms with Gasteiger partial charge in [0.2, 0.25) is 0 Å². The lowest BCUT2D eigenvalue weighted by Gasteiger charge is -1.71. The Hall–Kier alpha value is 0.0249. The SMILES string of the molecule is CB(C)C.N. The first-order valence-corrected chi connectivity index (χ1v) is 1.73. The van der Waals surface area contributed by atoms with Gasteiger partial charge >= 0.3 is 0 Å². The van der Waals surface area contributed by atoms with Crippen molar-refractivity contribution in [1.82, 2.24) is 6.15 Å². The van der Waals surface area contributed by atoms with Crippen molar-refractivity contribution in [1.29, 1.82) is 0 Å². The van der Waals surface area contributed by atoms with Crippen LogP contribution in [0.5, 0.6) is 0 Å². The quantitative estimate of drug-likeness (QED) is 0.433. The van der Waals surface area contributed by atoms with Crippen LogP contribution in [0.4, 0.5) is 0 Å². The fourth-order valence-electron chi connectivity index (χ4n) is 0. The van der Waals surface area contributed by atoms with E-state index in [-0.39, 0.29) is 6.15 Å². The summed E-state index contributed by atoms with van der Waals surface area (Å²) in [4.78, 5) is 0. The van der Waals surface area contributed by atoms with Crippen LogP contribution in [0.1, 0.15) is 0 Å². The maximum Gasteiger partial charge on any atom is 0.130 e. The van der Waals surface area contributed by atoms with Crippen LogP contribution in [0.25, 0.3) is 0 Å². The van der Waals surface area contributed by atoms with Gasteiger partial charge in [-0.05, 0) is 0 Å². The zero-order valence-corrected chi connectivity index (χ0v) is 4.28. The molecule has 0 aliphatic carbocycles. The maximum atomic E-state index is 2.17. The summed E-state index contributed by atoms with van der Waals surface area (Å²) >= 11 is 0. The molecular weight excluding hydrogens is 60.9 g/mol. The number of hydrogen-bond donors (Lipinski definition) is 1. The lowest BCUT2D eigenvalue weighted by molar-refractivity contribution is 1.91. The average Bonchev–Trinajstić information content (AvgIpc) is 0.811. The molecule has 0 fully saturated rings. The van der Waals surface area contributed by atoms with Crippen molar-refractivity contribution in [2.45, 2.75) is 20.5 Å². The van der Waals surface area contributed by atoms with E-state index >= 15 is 0 Å². The van der Waals surface area contributed by atoms with E-state index in [4.69, 9.17) is 0 Å². The molecule has 0 bridgehead atoms. The zero-order chi connectivity index (χ0) is 3.58. The smallest absolute Gasteiger partial charge is 0.130 e. The van der Waals surface area contributed by atoms with Crippen LogP contribution in [0.2, 0.25) is 20.5 Å². The van der Waals surface area contributed by atoms with Crippen molar-refractivity contribution in [3.63, 3.8) is 0 Å².